The lowest BCUT2D eigenvalue weighted by Crippen LogP contribution is -2.12. The van der Waals surface area contributed by atoms with Gasteiger partial charge in [-0.25, -0.2) is 4.79 Å². The van der Waals surface area contributed by atoms with Crippen molar-refractivity contribution in [1.82, 2.24) is 0 Å². The van der Waals surface area contributed by atoms with Crippen LogP contribution in [0.5, 0.6) is 0 Å². The number of carbonyl (C=O) groups excluding carboxylic acids is 1. The maximum absolute atomic E-state index is 10.4. The van der Waals surface area contributed by atoms with Gasteiger partial charge in [0.1, 0.15) is 12.4 Å². The third-order valence-electron chi connectivity index (χ3n) is 2.43. The molecule has 0 radical (unpaired) electrons. The van der Waals surface area contributed by atoms with E-state index in [-0.39, 0.29) is 12.4 Å². The van der Waals surface area contributed by atoms with Gasteiger partial charge in [0.25, 0.3) is 0 Å². The lowest BCUT2D eigenvalue weighted by Gasteiger charge is -2.04. The van der Waals surface area contributed by atoms with Crippen molar-refractivity contribution in [2.75, 3.05) is 0 Å². The standard InChI is InChI=1S/C12H17N3O3/c13-11(15-17)3-1-2-9-4-6-10(7-5-9)8-18-12(14)16/h4-7,17H,1-3,8H2,(H2,13,15)(H2,14,16). The summed E-state index contributed by atoms with van der Waals surface area (Å²) in [4.78, 5) is 10.4. The van der Waals surface area contributed by atoms with Crippen LogP contribution < -0.4 is 11.5 Å². The molecular formula is C12H17N3O3. The predicted octanol–water partition coefficient (Wildman–Crippen LogP) is 1.35. The molecule has 0 atom stereocenters. The van der Waals surface area contributed by atoms with Gasteiger partial charge in [0.2, 0.25) is 0 Å². The van der Waals surface area contributed by atoms with E-state index < -0.39 is 6.09 Å². The molecule has 1 rings (SSSR count). The number of oxime groups is 1. The molecule has 1 aromatic rings. The summed E-state index contributed by atoms with van der Waals surface area (Å²) in [7, 11) is 0. The van der Waals surface area contributed by atoms with Crippen LogP contribution in [-0.4, -0.2) is 17.1 Å². The average Bonchev–Trinajstić information content (AvgIpc) is 2.37. The first-order valence-electron chi connectivity index (χ1n) is 5.58. The van der Waals surface area contributed by atoms with E-state index in [9.17, 15) is 4.79 Å². The number of hydrogen-bond acceptors (Lipinski definition) is 4. The Labute approximate surface area is 105 Å². The Morgan fingerprint density at radius 2 is 1.83 bits per heavy atom. The van der Waals surface area contributed by atoms with Gasteiger partial charge >= 0.3 is 6.09 Å². The molecule has 0 aromatic heterocycles. The second-order valence-electron chi connectivity index (χ2n) is 3.87. The van der Waals surface area contributed by atoms with Crippen molar-refractivity contribution in [2.24, 2.45) is 16.6 Å². The Morgan fingerprint density at radius 1 is 1.22 bits per heavy atom. The first-order valence-corrected chi connectivity index (χ1v) is 5.58. The summed E-state index contributed by atoms with van der Waals surface area (Å²) in [5.41, 5.74) is 12.3. The minimum Gasteiger partial charge on any atom is -0.445 e. The number of hydrogen-bond donors (Lipinski definition) is 3. The van der Waals surface area contributed by atoms with Crippen molar-refractivity contribution in [3.05, 3.63) is 35.4 Å². The topological polar surface area (TPSA) is 111 Å². The van der Waals surface area contributed by atoms with Crippen LogP contribution in [0.1, 0.15) is 24.0 Å². The Balaban J connectivity index is 2.38. The Morgan fingerprint density at radius 3 is 2.39 bits per heavy atom. The number of primary amides is 1. The number of amides is 1. The SMILES string of the molecule is NC(=O)OCc1ccc(CCCC(N)=NO)cc1. The van der Waals surface area contributed by atoms with Gasteiger partial charge in [-0.3, -0.25) is 0 Å². The van der Waals surface area contributed by atoms with Crippen LogP contribution in [0.25, 0.3) is 0 Å². The lowest BCUT2D eigenvalue weighted by atomic mass is 10.1. The van der Waals surface area contributed by atoms with E-state index in [1.807, 2.05) is 24.3 Å². The van der Waals surface area contributed by atoms with E-state index >= 15 is 0 Å². The highest BCUT2D eigenvalue weighted by Crippen LogP contribution is 2.09. The molecule has 0 aliphatic heterocycles. The number of ether oxygens (including phenoxy) is 1. The first-order chi connectivity index (χ1) is 8.61. The molecule has 0 aliphatic carbocycles. The molecule has 0 saturated heterocycles. The molecule has 0 heterocycles. The van der Waals surface area contributed by atoms with E-state index in [1.54, 1.807) is 0 Å². The van der Waals surface area contributed by atoms with Crippen molar-refractivity contribution in [3.8, 4) is 0 Å². The molecule has 1 aromatic carbocycles. The van der Waals surface area contributed by atoms with E-state index in [2.05, 4.69) is 9.89 Å². The fourth-order valence-corrected chi connectivity index (χ4v) is 1.48. The Hall–Kier alpha value is -2.24. The third-order valence-corrected chi connectivity index (χ3v) is 2.43. The van der Waals surface area contributed by atoms with Crippen LogP contribution in [-0.2, 0) is 17.8 Å². The van der Waals surface area contributed by atoms with Gasteiger partial charge < -0.3 is 21.4 Å². The summed E-state index contributed by atoms with van der Waals surface area (Å²) in [6, 6.07) is 7.65. The lowest BCUT2D eigenvalue weighted by molar-refractivity contribution is 0.150. The van der Waals surface area contributed by atoms with Gasteiger partial charge in [0, 0.05) is 6.42 Å². The van der Waals surface area contributed by atoms with Gasteiger partial charge in [-0.1, -0.05) is 29.4 Å². The van der Waals surface area contributed by atoms with Crippen LogP contribution in [0, 0.1) is 0 Å². The second kappa shape index (κ2) is 7.16. The molecule has 0 unspecified atom stereocenters. The van der Waals surface area contributed by atoms with Crippen LogP contribution >= 0.6 is 0 Å². The van der Waals surface area contributed by atoms with E-state index in [1.165, 1.54) is 0 Å². The zero-order valence-corrected chi connectivity index (χ0v) is 10.0. The van der Waals surface area contributed by atoms with Gasteiger partial charge in [0.15, 0.2) is 0 Å². The zero-order valence-electron chi connectivity index (χ0n) is 10.0. The third kappa shape index (κ3) is 5.20. The minimum absolute atomic E-state index is 0.180. The van der Waals surface area contributed by atoms with Crippen LogP contribution in [0.4, 0.5) is 4.79 Å². The number of rotatable bonds is 6. The maximum Gasteiger partial charge on any atom is 0.404 e. The number of nitrogens with two attached hydrogens (primary N) is 2. The molecule has 0 saturated carbocycles. The summed E-state index contributed by atoms with van der Waals surface area (Å²) >= 11 is 0. The summed E-state index contributed by atoms with van der Waals surface area (Å²) in [5.74, 6) is 0.237. The predicted molar refractivity (Wildman–Crippen MR) is 67.2 cm³/mol. The highest BCUT2D eigenvalue weighted by molar-refractivity contribution is 5.79. The fraction of sp³-hybridized carbons (Fsp3) is 0.333. The first kappa shape index (κ1) is 13.8. The number of amidine groups is 1. The molecule has 0 fully saturated rings. The molecule has 0 spiro atoms. The second-order valence-corrected chi connectivity index (χ2v) is 3.87. The van der Waals surface area contributed by atoms with Crippen molar-refractivity contribution in [2.45, 2.75) is 25.9 Å². The van der Waals surface area contributed by atoms with Gasteiger partial charge in [-0.2, -0.15) is 0 Å². The van der Waals surface area contributed by atoms with Crippen molar-refractivity contribution in [1.29, 1.82) is 0 Å². The monoisotopic (exact) mass is 251 g/mol. The summed E-state index contributed by atoms with van der Waals surface area (Å²) < 4.78 is 4.67. The van der Waals surface area contributed by atoms with Crippen molar-refractivity contribution >= 4 is 11.9 Å². The van der Waals surface area contributed by atoms with E-state index in [0.29, 0.717) is 6.42 Å². The molecule has 6 heteroatoms. The summed E-state index contributed by atoms with van der Waals surface area (Å²) in [6.45, 7) is 0.180. The molecule has 0 aliphatic rings. The normalized spacial score (nSPS) is 11.2. The molecule has 6 nitrogen and oxygen atoms in total. The van der Waals surface area contributed by atoms with E-state index in [0.717, 1.165) is 24.0 Å². The molecular weight excluding hydrogens is 234 g/mol. The van der Waals surface area contributed by atoms with Crippen LogP contribution in [0.3, 0.4) is 0 Å². The molecule has 5 N–H and O–H groups in total. The van der Waals surface area contributed by atoms with Gasteiger partial charge in [0.05, 0.1) is 0 Å². The smallest absolute Gasteiger partial charge is 0.404 e. The molecule has 98 valence electrons. The maximum atomic E-state index is 10.4. The van der Waals surface area contributed by atoms with E-state index in [4.69, 9.17) is 16.7 Å². The van der Waals surface area contributed by atoms with Crippen LogP contribution in [0.15, 0.2) is 29.4 Å². The fourth-order valence-electron chi connectivity index (χ4n) is 1.48. The number of nitrogens with zero attached hydrogens (tertiary/aromatic N) is 1. The summed E-state index contributed by atoms with van der Waals surface area (Å²) in [6.07, 6.45) is 1.43. The van der Waals surface area contributed by atoms with Crippen molar-refractivity contribution in [3.63, 3.8) is 0 Å². The highest BCUT2D eigenvalue weighted by Gasteiger charge is 1.99. The zero-order chi connectivity index (χ0) is 13.4. The molecule has 0 bridgehead atoms. The largest absolute Gasteiger partial charge is 0.445 e. The van der Waals surface area contributed by atoms with Crippen molar-refractivity contribution < 1.29 is 14.7 Å². The molecule has 18 heavy (non-hydrogen) atoms. The minimum atomic E-state index is -0.780. The van der Waals surface area contributed by atoms with Crippen LogP contribution in [0.2, 0.25) is 0 Å². The number of carbonyl (C=O) groups is 1. The number of benzene rings is 1. The molecule has 1 amide bonds. The number of aryl methyl sites for hydroxylation is 1. The quantitative estimate of drug-likeness (QED) is 0.306. The van der Waals surface area contributed by atoms with Gasteiger partial charge in [-0.05, 0) is 24.0 Å². The Kier molecular flexibility index (Phi) is 5.50. The van der Waals surface area contributed by atoms with Gasteiger partial charge in [-0.15, -0.1) is 0 Å². The average molecular weight is 251 g/mol. The highest BCUT2D eigenvalue weighted by atomic mass is 16.5. The Bertz CT molecular complexity index is 415. The summed E-state index contributed by atoms with van der Waals surface area (Å²) in [5, 5.41) is 11.3.